The molecule has 82 valence electrons. The zero-order chi connectivity index (χ0) is 11.3. The summed E-state index contributed by atoms with van der Waals surface area (Å²) < 4.78 is 0. The van der Waals surface area contributed by atoms with Gasteiger partial charge in [-0.2, -0.15) is 0 Å². The topological polar surface area (TPSA) is 40.5 Å². The standard InChI is InChI=1S/C12H19BO2/c1-3-6-10-8-5-9-12(13(14)15)11(10)7-4-2/h5,8-9,14-15H,3-4,6-7H2,1-2H3. The van der Waals surface area contributed by atoms with E-state index < -0.39 is 7.12 Å². The maximum atomic E-state index is 9.28. The van der Waals surface area contributed by atoms with Crippen LogP contribution in [0.3, 0.4) is 0 Å². The minimum atomic E-state index is -1.34. The number of benzene rings is 1. The van der Waals surface area contributed by atoms with Gasteiger partial charge in [-0.15, -0.1) is 0 Å². The van der Waals surface area contributed by atoms with E-state index in [0.29, 0.717) is 5.46 Å². The van der Waals surface area contributed by atoms with Crippen LogP contribution < -0.4 is 5.46 Å². The summed E-state index contributed by atoms with van der Waals surface area (Å²) in [5.74, 6) is 0. The van der Waals surface area contributed by atoms with E-state index in [2.05, 4.69) is 19.9 Å². The zero-order valence-electron chi connectivity index (χ0n) is 9.53. The van der Waals surface area contributed by atoms with Gasteiger partial charge in [0.25, 0.3) is 0 Å². The second-order valence-corrected chi connectivity index (χ2v) is 3.86. The molecule has 0 heterocycles. The van der Waals surface area contributed by atoms with Gasteiger partial charge in [0.15, 0.2) is 0 Å². The monoisotopic (exact) mass is 206 g/mol. The summed E-state index contributed by atoms with van der Waals surface area (Å²) in [7, 11) is -1.34. The van der Waals surface area contributed by atoms with Crippen molar-refractivity contribution >= 4 is 12.6 Å². The molecule has 2 N–H and O–H groups in total. The van der Waals surface area contributed by atoms with E-state index in [4.69, 9.17) is 0 Å². The molecule has 0 aliphatic rings. The van der Waals surface area contributed by atoms with Crippen LogP contribution in [0.15, 0.2) is 18.2 Å². The number of rotatable bonds is 5. The molecule has 2 nitrogen and oxygen atoms in total. The molecule has 0 amide bonds. The van der Waals surface area contributed by atoms with Crippen LogP contribution in [-0.2, 0) is 12.8 Å². The van der Waals surface area contributed by atoms with Gasteiger partial charge in [0.2, 0.25) is 0 Å². The first-order valence-corrected chi connectivity index (χ1v) is 5.67. The third kappa shape index (κ3) is 3.08. The first-order valence-electron chi connectivity index (χ1n) is 5.67. The molecule has 0 saturated heterocycles. The molecule has 0 unspecified atom stereocenters. The van der Waals surface area contributed by atoms with Gasteiger partial charge >= 0.3 is 7.12 Å². The second kappa shape index (κ2) is 5.94. The minimum absolute atomic E-state index is 0.669. The van der Waals surface area contributed by atoms with Gasteiger partial charge in [-0.1, -0.05) is 44.9 Å². The van der Waals surface area contributed by atoms with E-state index in [-0.39, 0.29) is 0 Å². The molecule has 0 fully saturated rings. The number of hydrogen-bond donors (Lipinski definition) is 2. The van der Waals surface area contributed by atoms with Gasteiger partial charge in [-0.3, -0.25) is 0 Å². The van der Waals surface area contributed by atoms with E-state index in [9.17, 15) is 10.0 Å². The highest BCUT2D eigenvalue weighted by Crippen LogP contribution is 2.12. The molecular weight excluding hydrogens is 187 g/mol. The fourth-order valence-electron chi connectivity index (χ4n) is 1.95. The van der Waals surface area contributed by atoms with Crippen LogP contribution in [-0.4, -0.2) is 17.2 Å². The van der Waals surface area contributed by atoms with E-state index in [1.807, 2.05) is 6.07 Å². The van der Waals surface area contributed by atoms with Crippen molar-refractivity contribution in [1.29, 1.82) is 0 Å². The van der Waals surface area contributed by atoms with Crippen LogP contribution in [0.5, 0.6) is 0 Å². The Labute approximate surface area is 92.1 Å². The van der Waals surface area contributed by atoms with Crippen molar-refractivity contribution in [3.63, 3.8) is 0 Å². The highest BCUT2D eigenvalue weighted by atomic mass is 16.4. The van der Waals surface area contributed by atoms with Crippen molar-refractivity contribution in [2.45, 2.75) is 39.5 Å². The summed E-state index contributed by atoms with van der Waals surface area (Å²) in [4.78, 5) is 0. The van der Waals surface area contributed by atoms with Crippen LogP contribution >= 0.6 is 0 Å². The number of hydrogen-bond acceptors (Lipinski definition) is 2. The first kappa shape index (κ1) is 12.3. The molecule has 3 heteroatoms. The van der Waals surface area contributed by atoms with Gasteiger partial charge in [-0.05, 0) is 29.4 Å². The van der Waals surface area contributed by atoms with E-state index in [1.54, 1.807) is 6.07 Å². The van der Waals surface area contributed by atoms with Crippen molar-refractivity contribution in [2.24, 2.45) is 0 Å². The van der Waals surface area contributed by atoms with Gasteiger partial charge in [0, 0.05) is 0 Å². The molecule has 0 aliphatic heterocycles. The Bertz CT molecular complexity index is 310. The van der Waals surface area contributed by atoms with Crippen LogP contribution in [0.4, 0.5) is 0 Å². The Hall–Kier alpha value is -0.795. The predicted octanol–water partition coefficient (Wildman–Crippen LogP) is 1.27. The molecule has 1 aromatic rings. The van der Waals surface area contributed by atoms with Crippen molar-refractivity contribution in [3.8, 4) is 0 Å². The van der Waals surface area contributed by atoms with Crippen LogP contribution in [0, 0.1) is 0 Å². The Balaban J connectivity index is 3.09. The summed E-state index contributed by atoms with van der Waals surface area (Å²) >= 11 is 0. The van der Waals surface area contributed by atoms with Gasteiger partial charge in [0.05, 0.1) is 0 Å². The van der Waals surface area contributed by atoms with Gasteiger partial charge in [-0.25, -0.2) is 0 Å². The second-order valence-electron chi connectivity index (χ2n) is 3.86. The lowest BCUT2D eigenvalue weighted by molar-refractivity contribution is 0.425. The molecule has 15 heavy (non-hydrogen) atoms. The lowest BCUT2D eigenvalue weighted by Gasteiger charge is -2.13. The molecule has 1 rings (SSSR count). The fraction of sp³-hybridized carbons (Fsp3) is 0.500. The average Bonchev–Trinajstić information content (AvgIpc) is 2.21. The largest absolute Gasteiger partial charge is 0.488 e. The Morgan fingerprint density at radius 2 is 1.73 bits per heavy atom. The molecule has 0 aliphatic carbocycles. The molecule has 1 aromatic carbocycles. The molecule has 0 bridgehead atoms. The van der Waals surface area contributed by atoms with Crippen molar-refractivity contribution in [2.75, 3.05) is 0 Å². The zero-order valence-corrected chi connectivity index (χ0v) is 9.53. The molecule has 0 aromatic heterocycles. The molecular formula is C12H19BO2. The van der Waals surface area contributed by atoms with Crippen molar-refractivity contribution in [1.82, 2.24) is 0 Å². The van der Waals surface area contributed by atoms with Crippen LogP contribution in [0.25, 0.3) is 0 Å². The van der Waals surface area contributed by atoms with E-state index in [1.165, 1.54) is 5.56 Å². The highest BCUT2D eigenvalue weighted by Gasteiger charge is 2.17. The van der Waals surface area contributed by atoms with Crippen LogP contribution in [0.1, 0.15) is 37.8 Å². The minimum Gasteiger partial charge on any atom is -0.423 e. The predicted molar refractivity (Wildman–Crippen MR) is 64.3 cm³/mol. The molecule has 0 radical (unpaired) electrons. The smallest absolute Gasteiger partial charge is 0.423 e. The van der Waals surface area contributed by atoms with E-state index in [0.717, 1.165) is 31.2 Å². The Kier molecular flexibility index (Phi) is 4.86. The lowest BCUT2D eigenvalue weighted by atomic mass is 9.74. The SMILES string of the molecule is CCCc1cccc(B(O)O)c1CCC. The maximum Gasteiger partial charge on any atom is 0.488 e. The van der Waals surface area contributed by atoms with Gasteiger partial charge < -0.3 is 10.0 Å². The summed E-state index contributed by atoms with van der Waals surface area (Å²) in [6, 6.07) is 5.79. The van der Waals surface area contributed by atoms with E-state index >= 15 is 0 Å². The third-order valence-electron chi connectivity index (χ3n) is 2.61. The van der Waals surface area contributed by atoms with Crippen molar-refractivity contribution in [3.05, 3.63) is 29.3 Å². The summed E-state index contributed by atoms with van der Waals surface area (Å²) in [6.07, 6.45) is 4.04. The Morgan fingerprint density at radius 1 is 1.07 bits per heavy atom. The first-order chi connectivity index (χ1) is 7.20. The molecule has 0 saturated carbocycles. The fourth-order valence-corrected chi connectivity index (χ4v) is 1.95. The maximum absolute atomic E-state index is 9.28. The van der Waals surface area contributed by atoms with Crippen molar-refractivity contribution < 1.29 is 10.0 Å². The summed E-state index contributed by atoms with van der Waals surface area (Å²) in [5.41, 5.74) is 3.05. The summed E-state index contributed by atoms with van der Waals surface area (Å²) in [6.45, 7) is 4.24. The normalized spacial score (nSPS) is 10.4. The number of aryl methyl sites for hydroxylation is 1. The third-order valence-corrected chi connectivity index (χ3v) is 2.61. The van der Waals surface area contributed by atoms with Gasteiger partial charge in [0.1, 0.15) is 0 Å². The Morgan fingerprint density at radius 3 is 2.27 bits per heavy atom. The lowest BCUT2D eigenvalue weighted by Crippen LogP contribution is -2.33. The average molecular weight is 206 g/mol. The summed E-state index contributed by atoms with van der Waals surface area (Å²) in [5, 5.41) is 18.6. The molecule has 0 spiro atoms. The highest BCUT2D eigenvalue weighted by molar-refractivity contribution is 6.59. The molecule has 0 atom stereocenters. The quantitative estimate of drug-likeness (QED) is 0.712. The van der Waals surface area contributed by atoms with Crippen LogP contribution in [0.2, 0.25) is 0 Å².